The van der Waals surface area contributed by atoms with Crippen LogP contribution >= 0.6 is 0 Å². The fraction of sp³-hybridized carbons (Fsp3) is 0.583. The van der Waals surface area contributed by atoms with Crippen LogP contribution in [0.1, 0.15) is 25.1 Å². The van der Waals surface area contributed by atoms with Crippen LogP contribution in [0, 0.1) is 5.82 Å². The van der Waals surface area contributed by atoms with Crippen molar-refractivity contribution in [2.24, 2.45) is 0 Å². The molecular formula is C12H19FN2O2. The van der Waals surface area contributed by atoms with Gasteiger partial charge in [0.05, 0.1) is 24.6 Å². The molecule has 96 valence electrons. The molecule has 0 fully saturated rings. The molecule has 4 nitrogen and oxygen atoms in total. The highest BCUT2D eigenvalue weighted by molar-refractivity contribution is 5.09. The van der Waals surface area contributed by atoms with Crippen molar-refractivity contribution >= 4 is 0 Å². The molecule has 1 heterocycles. The predicted octanol–water partition coefficient (Wildman–Crippen LogP) is 1.27. The first-order valence-electron chi connectivity index (χ1n) is 5.69. The van der Waals surface area contributed by atoms with Gasteiger partial charge in [0.25, 0.3) is 0 Å². The van der Waals surface area contributed by atoms with Gasteiger partial charge in [-0.1, -0.05) is 6.92 Å². The van der Waals surface area contributed by atoms with Crippen molar-refractivity contribution in [2.75, 3.05) is 20.3 Å². The minimum atomic E-state index is -0.547. The molecule has 0 aromatic carbocycles. The molecule has 5 heteroatoms. The lowest BCUT2D eigenvalue weighted by atomic mass is 10.1. The second kappa shape index (κ2) is 7.32. The van der Waals surface area contributed by atoms with Crippen molar-refractivity contribution in [3.8, 4) is 0 Å². The van der Waals surface area contributed by atoms with E-state index in [0.29, 0.717) is 13.2 Å². The van der Waals surface area contributed by atoms with Crippen molar-refractivity contribution in [3.63, 3.8) is 0 Å². The molecule has 2 unspecified atom stereocenters. The Morgan fingerprint density at radius 3 is 2.82 bits per heavy atom. The summed E-state index contributed by atoms with van der Waals surface area (Å²) in [7, 11) is 1.54. The summed E-state index contributed by atoms with van der Waals surface area (Å²) in [6, 6.07) is 3.05. The number of aliphatic hydroxyl groups excluding tert-OH is 1. The highest BCUT2D eigenvalue weighted by Crippen LogP contribution is 2.13. The Morgan fingerprint density at radius 1 is 1.53 bits per heavy atom. The number of methoxy groups -OCH3 is 1. The summed E-state index contributed by atoms with van der Waals surface area (Å²) in [5, 5.41) is 12.7. The molecule has 1 rings (SSSR count). The smallest absolute Gasteiger partial charge is 0.141 e. The van der Waals surface area contributed by atoms with Gasteiger partial charge in [-0.2, -0.15) is 0 Å². The van der Waals surface area contributed by atoms with E-state index >= 15 is 0 Å². The number of hydrogen-bond donors (Lipinski definition) is 2. The van der Waals surface area contributed by atoms with Crippen LogP contribution in [0.25, 0.3) is 0 Å². The van der Waals surface area contributed by atoms with Crippen LogP contribution in [0.2, 0.25) is 0 Å². The lowest BCUT2D eigenvalue weighted by molar-refractivity contribution is 0.0625. The average molecular weight is 242 g/mol. The van der Waals surface area contributed by atoms with Crippen LogP contribution in [-0.2, 0) is 4.74 Å². The van der Waals surface area contributed by atoms with Crippen LogP contribution < -0.4 is 5.32 Å². The van der Waals surface area contributed by atoms with E-state index < -0.39 is 6.10 Å². The summed E-state index contributed by atoms with van der Waals surface area (Å²) in [5.74, 6) is -0.344. The Kier molecular flexibility index (Phi) is 6.04. The fourth-order valence-corrected chi connectivity index (χ4v) is 1.58. The highest BCUT2D eigenvalue weighted by atomic mass is 19.1. The first-order valence-corrected chi connectivity index (χ1v) is 5.69. The second-order valence-electron chi connectivity index (χ2n) is 3.88. The highest BCUT2D eigenvalue weighted by Gasteiger charge is 2.12. The Bertz CT molecular complexity index is 319. The standard InChI is InChI=1S/C12H19FN2O2/c1-3-11(15-7-10(16)8-17-2)12-5-4-9(13)6-14-12/h4-6,10-11,15-16H,3,7-8H2,1-2H3. The summed E-state index contributed by atoms with van der Waals surface area (Å²) in [5.41, 5.74) is 0.776. The van der Waals surface area contributed by atoms with Gasteiger partial charge in [-0.25, -0.2) is 4.39 Å². The molecule has 2 atom stereocenters. The zero-order chi connectivity index (χ0) is 12.7. The molecule has 0 radical (unpaired) electrons. The lowest BCUT2D eigenvalue weighted by Crippen LogP contribution is -2.33. The zero-order valence-corrected chi connectivity index (χ0v) is 10.2. The molecule has 1 aromatic rings. The van der Waals surface area contributed by atoms with E-state index in [1.807, 2.05) is 6.92 Å². The second-order valence-corrected chi connectivity index (χ2v) is 3.88. The van der Waals surface area contributed by atoms with Crippen LogP contribution in [0.4, 0.5) is 4.39 Å². The zero-order valence-electron chi connectivity index (χ0n) is 10.2. The first-order chi connectivity index (χ1) is 8.17. The quantitative estimate of drug-likeness (QED) is 0.756. The van der Waals surface area contributed by atoms with E-state index in [2.05, 4.69) is 10.3 Å². The maximum absolute atomic E-state index is 12.7. The first kappa shape index (κ1) is 14.0. The van der Waals surface area contributed by atoms with Gasteiger partial charge in [-0.15, -0.1) is 0 Å². The van der Waals surface area contributed by atoms with E-state index in [9.17, 15) is 9.50 Å². The van der Waals surface area contributed by atoms with Gasteiger partial charge in [0.1, 0.15) is 5.82 Å². The molecule has 0 aliphatic heterocycles. The fourth-order valence-electron chi connectivity index (χ4n) is 1.58. The number of rotatable bonds is 7. The van der Waals surface area contributed by atoms with Crippen molar-refractivity contribution in [1.29, 1.82) is 0 Å². The maximum atomic E-state index is 12.7. The van der Waals surface area contributed by atoms with Crippen molar-refractivity contribution in [3.05, 3.63) is 29.8 Å². The molecule has 17 heavy (non-hydrogen) atoms. The molecule has 2 N–H and O–H groups in total. The summed E-state index contributed by atoms with van der Waals surface area (Å²) in [4.78, 5) is 4.02. The van der Waals surface area contributed by atoms with Crippen LogP contribution in [0.15, 0.2) is 18.3 Å². The van der Waals surface area contributed by atoms with Crippen LogP contribution in [0.3, 0.4) is 0 Å². The van der Waals surface area contributed by atoms with E-state index in [-0.39, 0.29) is 11.9 Å². The predicted molar refractivity (Wildman–Crippen MR) is 63.1 cm³/mol. The maximum Gasteiger partial charge on any atom is 0.141 e. The summed E-state index contributed by atoms with van der Waals surface area (Å²) in [6.07, 6.45) is 1.47. The molecule has 0 saturated heterocycles. The van der Waals surface area contributed by atoms with Gasteiger partial charge in [0.15, 0.2) is 0 Å². The van der Waals surface area contributed by atoms with Crippen LogP contribution in [0.5, 0.6) is 0 Å². The van der Waals surface area contributed by atoms with Gasteiger partial charge in [0.2, 0.25) is 0 Å². The van der Waals surface area contributed by atoms with E-state index in [4.69, 9.17) is 4.74 Å². The third-order valence-corrected chi connectivity index (χ3v) is 2.47. The van der Waals surface area contributed by atoms with Gasteiger partial charge < -0.3 is 15.2 Å². The van der Waals surface area contributed by atoms with Crippen LogP contribution in [-0.4, -0.2) is 36.5 Å². The summed E-state index contributed by atoms with van der Waals surface area (Å²) in [6.45, 7) is 2.72. The Morgan fingerprint density at radius 2 is 2.29 bits per heavy atom. The number of pyridine rings is 1. The molecule has 0 saturated carbocycles. The topological polar surface area (TPSA) is 54.4 Å². The number of aromatic nitrogens is 1. The largest absolute Gasteiger partial charge is 0.389 e. The number of halogens is 1. The van der Waals surface area contributed by atoms with Gasteiger partial charge in [0, 0.05) is 19.7 Å². The third-order valence-electron chi connectivity index (χ3n) is 2.47. The lowest BCUT2D eigenvalue weighted by Gasteiger charge is -2.18. The molecule has 1 aromatic heterocycles. The molecule has 0 aliphatic rings. The van der Waals surface area contributed by atoms with E-state index in [1.165, 1.54) is 12.3 Å². The molecule has 0 aliphatic carbocycles. The van der Waals surface area contributed by atoms with Crippen molar-refractivity contribution in [1.82, 2.24) is 10.3 Å². The van der Waals surface area contributed by atoms with Gasteiger partial charge >= 0.3 is 0 Å². The summed E-state index contributed by atoms with van der Waals surface area (Å²) >= 11 is 0. The summed E-state index contributed by atoms with van der Waals surface area (Å²) < 4.78 is 17.6. The minimum Gasteiger partial charge on any atom is -0.389 e. The van der Waals surface area contributed by atoms with E-state index in [1.54, 1.807) is 13.2 Å². The number of nitrogens with zero attached hydrogens (tertiary/aromatic N) is 1. The number of aliphatic hydroxyl groups is 1. The Labute approximate surface area is 101 Å². The molecule has 0 spiro atoms. The molecule has 0 amide bonds. The Balaban J connectivity index is 2.51. The monoisotopic (exact) mass is 242 g/mol. The number of hydrogen-bond acceptors (Lipinski definition) is 4. The normalized spacial score (nSPS) is 14.6. The van der Waals surface area contributed by atoms with E-state index in [0.717, 1.165) is 12.1 Å². The average Bonchev–Trinajstić information content (AvgIpc) is 2.32. The SMILES string of the molecule is CCC(NCC(O)COC)c1ccc(F)cn1. The Hall–Kier alpha value is -1.04. The third kappa shape index (κ3) is 4.77. The van der Waals surface area contributed by atoms with Gasteiger partial charge in [-0.05, 0) is 18.6 Å². The van der Waals surface area contributed by atoms with Crippen molar-refractivity contribution < 1.29 is 14.2 Å². The number of ether oxygens (including phenoxy) is 1. The number of nitrogens with one attached hydrogen (secondary N) is 1. The molecular weight excluding hydrogens is 223 g/mol. The minimum absolute atomic E-state index is 0.0158. The van der Waals surface area contributed by atoms with Crippen molar-refractivity contribution in [2.45, 2.75) is 25.5 Å². The van der Waals surface area contributed by atoms with Gasteiger partial charge in [-0.3, -0.25) is 4.98 Å². The molecule has 0 bridgehead atoms.